The Morgan fingerprint density at radius 3 is 3.20 bits per heavy atom. The zero-order valence-corrected chi connectivity index (χ0v) is 9.41. The third kappa shape index (κ3) is 3.36. The van der Waals surface area contributed by atoms with Gasteiger partial charge in [-0.05, 0) is 51.5 Å². The van der Waals surface area contributed by atoms with Gasteiger partial charge in [-0.25, -0.2) is 0 Å². The van der Waals surface area contributed by atoms with Crippen molar-refractivity contribution < 1.29 is 4.42 Å². The Bertz CT molecular complexity index is 265. The van der Waals surface area contributed by atoms with Gasteiger partial charge in [0, 0.05) is 12.1 Å². The minimum Gasteiger partial charge on any atom is -0.472 e. The first-order chi connectivity index (χ1) is 7.34. The van der Waals surface area contributed by atoms with Crippen LogP contribution in [0.1, 0.15) is 18.4 Å². The van der Waals surface area contributed by atoms with Gasteiger partial charge in [0.25, 0.3) is 0 Å². The molecule has 1 aliphatic rings. The average Bonchev–Trinajstić information content (AvgIpc) is 2.86. The average molecular weight is 208 g/mol. The van der Waals surface area contributed by atoms with Crippen LogP contribution in [0.15, 0.2) is 23.0 Å². The Morgan fingerprint density at radius 1 is 1.60 bits per heavy atom. The van der Waals surface area contributed by atoms with Gasteiger partial charge in [-0.3, -0.25) is 0 Å². The predicted octanol–water partition coefficient (Wildman–Crippen LogP) is 1.71. The van der Waals surface area contributed by atoms with Crippen molar-refractivity contribution in [2.75, 3.05) is 26.7 Å². The smallest absolute Gasteiger partial charge is 0.0947 e. The van der Waals surface area contributed by atoms with Crippen LogP contribution in [0.4, 0.5) is 0 Å². The number of hydrogen-bond donors (Lipinski definition) is 1. The second-order valence-electron chi connectivity index (χ2n) is 4.52. The van der Waals surface area contributed by atoms with Crippen LogP contribution < -0.4 is 5.32 Å². The van der Waals surface area contributed by atoms with Gasteiger partial charge in [0.05, 0.1) is 12.5 Å². The van der Waals surface area contributed by atoms with Crippen LogP contribution in [0, 0.1) is 5.92 Å². The maximum absolute atomic E-state index is 5.06. The van der Waals surface area contributed by atoms with E-state index >= 15 is 0 Å². The third-order valence-electron chi connectivity index (χ3n) is 3.11. The van der Waals surface area contributed by atoms with Crippen LogP contribution in [0.2, 0.25) is 0 Å². The molecule has 0 aliphatic carbocycles. The van der Waals surface area contributed by atoms with E-state index in [1.165, 1.54) is 38.0 Å². The van der Waals surface area contributed by atoms with Crippen molar-refractivity contribution in [1.29, 1.82) is 0 Å². The van der Waals surface area contributed by atoms with Gasteiger partial charge in [-0.2, -0.15) is 0 Å². The molecule has 2 rings (SSSR count). The fourth-order valence-electron chi connectivity index (χ4n) is 2.14. The zero-order chi connectivity index (χ0) is 10.5. The summed E-state index contributed by atoms with van der Waals surface area (Å²) in [5, 5.41) is 3.41. The molecule has 84 valence electrons. The maximum atomic E-state index is 5.06. The molecule has 0 spiro atoms. The van der Waals surface area contributed by atoms with Crippen LogP contribution in [0.3, 0.4) is 0 Å². The minimum absolute atomic E-state index is 0.886. The van der Waals surface area contributed by atoms with Crippen LogP contribution in [-0.4, -0.2) is 31.6 Å². The topological polar surface area (TPSA) is 28.4 Å². The van der Waals surface area contributed by atoms with E-state index in [2.05, 4.69) is 17.3 Å². The Labute approximate surface area is 91.4 Å². The predicted molar refractivity (Wildman–Crippen MR) is 60.6 cm³/mol. The molecule has 0 bridgehead atoms. The number of furan rings is 1. The second-order valence-corrected chi connectivity index (χ2v) is 4.52. The fraction of sp³-hybridized carbons (Fsp3) is 0.667. The van der Waals surface area contributed by atoms with Crippen molar-refractivity contribution in [3.05, 3.63) is 24.2 Å². The summed E-state index contributed by atoms with van der Waals surface area (Å²) in [4.78, 5) is 2.36. The van der Waals surface area contributed by atoms with Crippen LogP contribution in [0.5, 0.6) is 0 Å². The molecule has 1 aliphatic heterocycles. The summed E-state index contributed by atoms with van der Waals surface area (Å²) in [5.74, 6) is 0.886. The second kappa shape index (κ2) is 5.33. The molecule has 1 N–H and O–H groups in total. The summed E-state index contributed by atoms with van der Waals surface area (Å²) in [5.41, 5.74) is 1.27. The van der Waals surface area contributed by atoms with Crippen LogP contribution in [-0.2, 0) is 6.54 Å². The molecule has 1 atom stereocenters. The molecule has 0 amide bonds. The summed E-state index contributed by atoms with van der Waals surface area (Å²) in [6, 6.07) is 2.04. The van der Waals surface area contributed by atoms with Gasteiger partial charge in [0.1, 0.15) is 0 Å². The lowest BCUT2D eigenvalue weighted by Gasteiger charge is -2.17. The van der Waals surface area contributed by atoms with Gasteiger partial charge in [-0.1, -0.05) is 0 Å². The van der Waals surface area contributed by atoms with Crippen molar-refractivity contribution >= 4 is 0 Å². The first kappa shape index (κ1) is 10.7. The molecule has 3 nitrogen and oxygen atoms in total. The summed E-state index contributed by atoms with van der Waals surface area (Å²) < 4.78 is 5.06. The van der Waals surface area contributed by atoms with Gasteiger partial charge in [0.15, 0.2) is 0 Å². The highest BCUT2D eigenvalue weighted by Crippen LogP contribution is 2.13. The first-order valence-corrected chi connectivity index (χ1v) is 5.75. The quantitative estimate of drug-likeness (QED) is 0.798. The number of rotatable bonds is 5. The molecular weight excluding hydrogens is 188 g/mol. The molecule has 0 saturated carbocycles. The maximum Gasteiger partial charge on any atom is 0.0947 e. The monoisotopic (exact) mass is 208 g/mol. The van der Waals surface area contributed by atoms with Crippen molar-refractivity contribution in [1.82, 2.24) is 10.2 Å². The van der Waals surface area contributed by atoms with Gasteiger partial charge in [-0.15, -0.1) is 0 Å². The van der Waals surface area contributed by atoms with Gasteiger partial charge in [0.2, 0.25) is 0 Å². The lowest BCUT2D eigenvalue weighted by atomic mass is 10.1. The largest absolute Gasteiger partial charge is 0.472 e. The summed E-state index contributed by atoms with van der Waals surface area (Å²) in [6.45, 7) is 4.59. The van der Waals surface area contributed by atoms with Crippen molar-refractivity contribution in [3.8, 4) is 0 Å². The van der Waals surface area contributed by atoms with Crippen LogP contribution in [0.25, 0.3) is 0 Å². The lowest BCUT2D eigenvalue weighted by molar-refractivity contribution is 0.297. The SMILES string of the molecule is CN(CCC1CCNC1)Cc1ccoc1. The molecule has 0 aromatic carbocycles. The molecule has 1 unspecified atom stereocenters. The first-order valence-electron chi connectivity index (χ1n) is 5.75. The molecular formula is C12H20N2O. The van der Waals surface area contributed by atoms with Crippen molar-refractivity contribution in [2.45, 2.75) is 19.4 Å². The highest BCUT2D eigenvalue weighted by Gasteiger charge is 2.14. The van der Waals surface area contributed by atoms with E-state index in [0.717, 1.165) is 12.5 Å². The molecule has 2 heterocycles. The lowest BCUT2D eigenvalue weighted by Crippen LogP contribution is -2.21. The van der Waals surface area contributed by atoms with Crippen molar-refractivity contribution in [3.63, 3.8) is 0 Å². The van der Waals surface area contributed by atoms with E-state index in [-0.39, 0.29) is 0 Å². The van der Waals surface area contributed by atoms with E-state index in [4.69, 9.17) is 4.42 Å². The Balaban J connectivity index is 1.66. The van der Waals surface area contributed by atoms with Crippen molar-refractivity contribution in [2.24, 2.45) is 5.92 Å². The molecule has 15 heavy (non-hydrogen) atoms. The highest BCUT2D eigenvalue weighted by molar-refractivity contribution is 5.04. The van der Waals surface area contributed by atoms with E-state index in [1.54, 1.807) is 6.26 Å². The normalized spacial score (nSPS) is 21.3. The van der Waals surface area contributed by atoms with E-state index in [9.17, 15) is 0 Å². The standard InChI is InChI=1S/C12H20N2O/c1-14(9-12-4-7-15-10-12)6-3-11-2-5-13-8-11/h4,7,10-11,13H,2-3,5-6,8-9H2,1H3. The fourth-order valence-corrected chi connectivity index (χ4v) is 2.14. The van der Waals surface area contributed by atoms with E-state index in [1.807, 2.05) is 12.3 Å². The molecule has 1 fully saturated rings. The molecule has 1 aromatic rings. The highest BCUT2D eigenvalue weighted by atomic mass is 16.3. The number of hydrogen-bond acceptors (Lipinski definition) is 3. The molecule has 1 aromatic heterocycles. The van der Waals surface area contributed by atoms with E-state index < -0.39 is 0 Å². The summed E-state index contributed by atoms with van der Waals surface area (Å²) >= 11 is 0. The Kier molecular flexibility index (Phi) is 3.80. The van der Waals surface area contributed by atoms with Gasteiger partial charge < -0.3 is 14.6 Å². The molecule has 3 heteroatoms. The zero-order valence-electron chi connectivity index (χ0n) is 9.41. The molecule has 0 radical (unpaired) electrons. The minimum atomic E-state index is 0.886. The Hall–Kier alpha value is -0.800. The summed E-state index contributed by atoms with van der Waals surface area (Å²) in [6.07, 6.45) is 6.22. The molecule has 1 saturated heterocycles. The van der Waals surface area contributed by atoms with E-state index in [0.29, 0.717) is 0 Å². The third-order valence-corrected chi connectivity index (χ3v) is 3.11. The number of nitrogens with zero attached hydrogens (tertiary/aromatic N) is 1. The summed E-state index contributed by atoms with van der Waals surface area (Å²) in [7, 11) is 2.18. The van der Waals surface area contributed by atoms with Gasteiger partial charge >= 0.3 is 0 Å². The number of nitrogens with one attached hydrogen (secondary N) is 1. The Morgan fingerprint density at radius 2 is 2.53 bits per heavy atom. The van der Waals surface area contributed by atoms with Crippen LogP contribution >= 0.6 is 0 Å².